The van der Waals surface area contributed by atoms with Gasteiger partial charge in [0, 0.05) is 0 Å². The number of nitrogens with zero attached hydrogens (tertiary/aromatic N) is 2. The number of rotatable bonds is 3. The largest absolute Gasteiger partial charge is 0.263 e. The highest BCUT2D eigenvalue weighted by atomic mass is 35.5. The Morgan fingerprint density at radius 3 is 2.39 bits per heavy atom. The van der Waals surface area contributed by atoms with E-state index in [9.17, 15) is 8.42 Å². The van der Waals surface area contributed by atoms with Crippen molar-refractivity contribution in [3.8, 4) is 0 Å². The summed E-state index contributed by atoms with van der Waals surface area (Å²) in [6, 6.07) is 7.86. The third kappa shape index (κ3) is 2.90. The van der Waals surface area contributed by atoms with E-state index in [1.807, 2.05) is 0 Å². The molecule has 1 N–H and O–H groups in total. The van der Waals surface area contributed by atoms with Crippen LogP contribution in [-0.2, 0) is 10.0 Å². The van der Waals surface area contributed by atoms with Gasteiger partial charge in [0.05, 0.1) is 11.1 Å². The van der Waals surface area contributed by atoms with Crippen molar-refractivity contribution < 1.29 is 8.42 Å². The van der Waals surface area contributed by atoms with E-state index in [2.05, 4.69) is 14.7 Å². The topological polar surface area (TPSA) is 72.0 Å². The third-order valence-corrected chi connectivity index (χ3v) is 3.79. The molecule has 0 radical (unpaired) electrons. The highest BCUT2D eigenvalue weighted by Gasteiger charge is 2.16. The van der Waals surface area contributed by atoms with E-state index in [0.29, 0.717) is 0 Å². The second kappa shape index (κ2) is 5.09. The molecule has 18 heavy (non-hydrogen) atoms. The van der Waals surface area contributed by atoms with Gasteiger partial charge in [-0.25, -0.2) is 18.4 Å². The lowest BCUT2D eigenvalue weighted by Crippen LogP contribution is -2.14. The summed E-state index contributed by atoms with van der Waals surface area (Å²) in [5, 5.41) is -0.0235. The molecule has 1 aromatic heterocycles. The molecule has 2 rings (SSSR count). The molecular formula is C10H7Cl2N3O2S. The Morgan fingerprint density at radius 2 is 1.78 bits per heavy atom. The first-order valence-electron chi connectivity index (χ1n) is 4.75. The number of aromatic nitrogens is 2. The fourth-order valence-electron chi connectivity index (χ4n) is 1.20. The molecule has 0 saturated heterocycles. The number of nitrogens with one attached hydrogen (secondary N) is 1. The Kier molecular flexibility index (Phi) is 3.70. The van der Waals surface area contributed by atoms with Crippen molar-refractivity contribution in [1.82, 2.24) is 9.97 Å². The molecule has 0 bridgehead atoms. The molecule has 0 atom stereocenters. The first kappa shape index (κ1) is 13.1. The third-order valence-electron chi connectivity index (χ3n) is 1.99. The van der Waals surface area contributed by atoms with Crippen molar-refractivity contribution >= 4 is 39.0 Å². The van der Waals surface area contributed by atoms with Crippen LogP contribution in [-0.4, -0.2) is 18.4 Å². The zero-order chi connectivity index (χ0) is 13.2. The highest BCUT2D eigenvalue weighted by molar-refractivity contribution is 7.92. The normalized spacial score (nSPS) is 11.2. The van der Waals surface area contributed by atoms with Crippen LogP contribution in [0.4, 0.5) is 5.82 Å². The lowest BCUT2D eigenvalue weighted by Gasteiger charge is -2.07. The molecule has 0 unspecified atom stereocenters. The van der Waals surface area contributed by atoms with E-state index >= 15 is 0 Å². The van der Waals surface area contributed by atoms with E-state index in [1.54, 1.807) is 18.2 Å². The molecule has 5 nitrogen and oxygen atoms in total. The maximum Gasteiger partial charge on any atom is 0.263 e. The number of anilines is 1. The summed E-state index contributed by atoms with van der Waals surface area (Å²) in [6.07, 6.45) is 1.20. The molecule has 0 aliphatic heterocycles. The van der Waals surface area contributed by atoms with Crippen LogP contribution in [0.15, 0.2) is 41.4 Å². The first-order valence-corrected chi connectivity index (χ1v) is 6.99. The monoisotopic (exact) mass is 303 g/mol. The molecule has 0 spiro atoms. The molecule has 0 saturated carbocycles. The van der Waals surface area contributed by atoms with Crippen molar-refractivity contribution in [2.24, 2.45) is 0 Å². The van der Waals surface area contributed by atoms with Gasteiger partial charge in [0.15, 0.2) is 11.0 Å². The number of hydrogen-bond acceptors (Lipinski definition) is 4. The van der Waals surface area contributed by atoms with Crippen molar-refractivity contribution in [2.45, 2.75) is 4.90 Å². The number of sulfonamides is 1. The van der Waals surface area contributed by atoms with Gasteiger partial charge in [-0.05, 0) is 12.1 Å². The lowest BCUT2D eigenvalue weighted by molar-refractivity contribution is 0.601. The summed E-state index contributed by atoms with van der Waals surface area (Å²) in [7, 11) is -3.73. The standard InChI is InChI=1S/C10H7Cl2N3O2S/c11-8-6-13-10(9(12)14-8)15-18(16,17)7-4-2-1-3-5-7/h1-6H,(H,13,15). The van der Waals surface area contributed by atoms with Crippen LogP contribution in [0.1, 0.15) is 0 Å². The van der Waals surface area contributed by atoms with E-state index in [0.717, 1.165) is 0 Å². The molecule has 1 heterocycles. The zero-order valence-corrected chi connectivity index (χ0v) is 11.2. The molecule has 94 valence electrons. The number of halogens is 2. The zero-order valence-electron chi connectivity index (χ0n) is 8.84. The van der Waals surface area contributed by atoms with Crippen LogP contribution in [0.3, 0.4) is 0 Å². The fourth-order valence-corrected chi connectivity index (χ4v) is 2.66. The molecule has 0 aliphatic rings. The van der Waals surface area contributed by atoms with Gasteiger partial charge in [0.2, 0.25) is 0 Å². The maximum atomic E-state index is 12.0. The summed E-state index contributed by atoms with van der Waals surface area (Å²) in [5.41, 5.74) is 0. The quantitative estimate of drug-likeness (QED) is 0.946. The summed E-state index contributed by atoms with van der Waals surface area (Å²) in [4.78, 5) is 7.57. The average molecular weight is 304 g/mol. The van der Waals surface area contributed by atoms with Crippen LogP contribution in [0.25, 0.3) is 0 Å². The molecular weight excluding hydrogens is 297 g/mol. The van der Waals surface area contributed by atoms with E-state index < -0.39 is 10.0 Å². The Labute approximate surface area is 114 Å². The average Bonchev–Trinajstić information content (AvgIpc) is 2.34. The van der Waals surface area contributed by atoms with Crippen molar-refractivity contribution in [1.29, 1.82) is 0 Å². The van der Waals surface area contributed by atoms with E-state index in [4.69, 9.17) is 23.2 Å². The molecule has 0 amide bonds. The summed E-state index contributed by atoms with van der Waals surface area (Å²) >= 11 is 11.3. The van der Waals surface area contributed by atoms with Gasteiger partial charge in [-0.1, -0.05) is 41.4 Å². The molecule has 0 fully saturated rings. The van der Waals surface area contributed by atoms with Gasteiger partial charge in [-0.3, -0.25) is 4.72 Å². The minimum atomic E-state index is -3.73. The summed E-state index contributed by atoms with van der Waals surface area (Å²) in [6.45, 7) is 0. The van der Waals surface area contributed by atoms with Gasteiger partial charge in [0.25, 0.3) is 10.0 Å². The van der Waals surface area contributed by atoms with Crippen LogP contribution in [0, 0.1) is 0 Å². The van der Waals surface area contributed by atoms with E-state index in [-0.39, 0.29) is 21.0 Å². The fraction of sp³-hybridized carbons (Fsp3) is 0. The van der Waals surface area contributed by atoms with Gasteiger partial charge in [-0.2, -0.15) is 0 Å². The first-order chi connectivity index (χ1) is 8.49. The second-order valence-electron chi connectivity index (χ2n) is 3.25. The summed E-state index contributed by atoms with van der Waals surface area (Å²) in [5.74, 6) is -0.0649. The van der Waals surface area contributed by atoms with Crippen molar-refractivity contribution in [3.63, 3.8) is 0 Å². The van der Waals surface area contributed by atoms with Gasteiger partial charge >= 0.3 is 0 Å². The Bertz CT molecular complexity index is 662. The SMILES string of the molecule is O=S(=O)(Nc1ncc(Cl)nc1Cl)c1ccccc1. The number of hydrogen-bond donors (Lipinski definition) is 1. The highest BCUT2D eigenvalue weighted by Crippen LogP contribution is 2.21. The van der Waals surface area contributed by atoms with Gasteiger partial charge in [0.1, 0.15) is 5.15 Å². The molecule has 2 aromatic rings. The smallest absolute Gasteiger partial charge is 0.261 e. The minimum absolute atomic E-state index is 0.0649. The van der Waals surface area contributed by atoms with Crippen LogP contribution in [0.5, 0.6) is 0 Å². The molecule has 1 aromatic carbocycles. The van der Waals surface area contributed by atoms with Gasteiger partial charge < -0.3 is 0 Å². The van der Waals surface area contributed by atoms with Gasteiger partial charge in [-0.15, -0.1) is 0 Å². The maximum absolute atomic E-state index is 12.0. The van der Waals surface area contributed by atoms with Crippen LogP contribution >= 0.6 is 23.2 Å². The Balaban J connectivity index is 2.34. The van der Waals surface area contributed by atoms with Crippen molar-refractivity contribution in [2.75, 3.05) is 4.72 Å². The Hall–Kier alpha value is -1.37. The summed E-state index contributed by atoms with van der Waals surface area (Å²) < 4.78 is 26.2. The van der Waals surface area contributed by atoms with E-state index in [1.165, 1.54) is 18.3 Å². The molecule has 8 heteroatoms. The van der Waals surface area contributed by atoms with Crippen molar-refractivity contribution in [3.05, 3.63) is 46.8 Å². The predicted octanol–water partition coefficient (Wildman–Crippen LogP) is 2.58. The predicted molar refractivity (Wildman–Crippen MR) is 69.3 cm³/mol. The van der Waals surface area contributed by atoms with Crippen LogP contribution < -0.4 is 4.72 Å². The Morgan fingerprint density at radius 1 is 1.11 bits per heavy atom. The molecule has 0 aliphatic carbocycles. The second-order valence-corrected chi connectivity index (χ2v) is 5.68. The number of benzene rings is 1. The lowest BCUT2D eigenvalue weighted by atomic mass is 10.4. The minimum Gasteiger partial charge on any atom is -0.261 e. The van der Waals surface area contributed by atoms with Crippen LogP contribution in [0.2, 0.25) is 10.3 Å².